The lowest BCUT2D eigenvalue weighted by Crippen LogP contribution is -2.35. The summed E-state index contributed by atoms with van der Waals surface area (Å²) in [6.07, 6.45) is 4.28. The number of H-pyrrole nitrogens is 1. The van der Waals surface area contributed by atoms with Crippen LogP contribution in [0.1, 0.15) is 31.3 Å². The summed E-state index contributed by atoms with van der Waals surface area (Å²) in [5, 5.41) is 0. The van der Waals surface area contributed by atoms with Crippen LogP contribution >= 0.6 is 0 Å². The van der Waals surface area contributed by atoms with Crippen molar-refractivity contribution in [3.8, 4) is 0 Å². The number of hydrogen-bond donors (Lipinski definition) is 1. The number of nitrogens with one attached hydrogen (secondary N) is 1. The van der Waals surface area contributed by atoms with Crippen molar-refractivity contribution in [1.29, 1.82) is 0 Å². The molecule has 5 nitrogen and oxygen atoms in total. The van der Waals surface area contributed by atoms with Crippen LogP contribution in [0.5, 0.6) is 0 Å². The molecule has 0 aliphatic rings. The third-order valence-electron chi connectivity index (χ3n) is 2.84. The van der Waals surface area contributed by atoms with E-state index in [1.165, 1.54) is 0 Å². The molecule has 1 N–H and O–H groups in total. The number of aromatic nitrogens is 2. The second-order valence-corrected chi connectivity index (χ2v) is 4.29. The fourth-order valence-electron chi connectivity index (χ4n) is 1.53. The number of carbonyl (C=O) groups excluding carboxylic acids is 1. The lowest BCUT2D eigenvalue weighted by molar-refractivity contribution is -0.683. The largest absolute Gasteiger partial charge is 0.463 e. The van der Waals surface area contributed by atoms with Crippen LogP contribution in [0, 0.1) is 6.92 Å². The molecule has 0 unspecified atom stereocenters. The molecule has 0 saturated heterocycles. The quantitative estimate of drug-likeness (QED) is 0.429. The number of unbranched alkanes of at least 4 members (excludes halogenated alkanes) is 1. The molecule has 0 radical (unpaired) electrons. The molecular weight excluding hydrogens is 232 g/mol. The highest BCUT2D eigenvalue weighted by Crippen LogP contribution is 1.96. The van der Waals surface area contributed by atoms with Gasteiger partial charge in [0.2, 0.25) is 0 Å². The molecule has 1 aromatic heterocycles. The first-order chi connectivity index (χ1) is 8.65. The normalized spacial score (nSPS) is 10.6. The molecule has 0 bridgehead atoms. The van der Waals surface area contributed by atoms with Gasteiger partial charge in [-0.3, -0.25) is 4.79 Å². The Morgan fingerprint density at radius 3 is 2.78 bits per heavy atom. The van der Waals surface area contributed by atoms with E-state index in [-0.39, 0.29) is 12.4 Å². The summed E-state index contributed by atoms with van der Waals surface area (Å²) in [5.41, 5.74) is 0.921. The van der Waals surface area contributed by atoms with Crippen molar-refractivity contribution < 1.29 is 18.8 Å². The van der Waals surface area contributed by atoms with Crippen LogP contribution in [-0.2, 0) is 27.7 Å². The Morgan fingerprint density at radius 2 is 2.17 bits per heavy atom. The smallest absolute Gasteiger partial charge is 0.314 e. The summed E-state index contributed by atoms with van der Waals surface area (Å²) in [5.74, 6) is 0.796. The van der Waals surface area contributed by atoms with Crippen molar-refractivity contribution in [1.82, 2.24) is 4.98 Å². The molecule has 0 aromatic carbocycles. The molecule has 102 valence electrons. The van der Waals surface area contributed by atoms with Gasteiger partial charge in [0.15, 0.2) is 5.69 Å². The Hall–Kier alpha value is -1.36. The van der Waals surface area contributed by atoms with Crippen LogP contribution in [0.2, 0.25) is 0 Å². The van der Waals surface area contributed by atoms with E-state index in [2.05, 4.69) is 11.9 Å². The predicted molar refractivity (Wildman–Crippen MR) is 67.1 cm³/mol. The summed E-state index contributed by atoms with van der Waals surface area (Å²) in [6, 6.07) is 0. The zero-order chi connectivity index (χ0) is 13.4. The minimum absolute atomic E-state index is 0.219. The van der Waals surface area contributed by atoms with Crippen LogP contribution in [-0.4, -0.2) is 30.8 Å². The summed E-state index contributed by atoms with van der Waals surface area (Å²) in [4.78, 5) is 14.6. The SMILES string of the molecule is CCCCOCCOC(=O)Cc1c[nH]c(C)[n+]1C. The highest BCUT2D eigenvalue weighted by Gasteiger charge is 2.14. The van der Waals surface area contributed by atoms with E-state index in [1.807, 2.05) is 24.7 Å². The molecule has 5 heteroatoms. The highest BCUT2D eigenvalue weighted by molar-refractivity contribution is 5.71. The number of imidazole rings is 1. The zero-order valence-corrected chi connectivity index (χ0v) is 11.5. The molecule has 1 aromatic rings. The number of aromatic amines is 1. The maximum absolute atomic E-state index is 11.6. The predicted octanol–water partition coefficient (Wildman–Crippen LogP) is 1.05. The van der Waals surface area contributed by atoms with Crippen molar-refractivity contribution in [2.24, 2.45) is 7.05 Å². The molecule has 1 rings (SSSR count). The van der Waals surface area contributed by atoms with Gasteiger partial charge in [0, 0.05) is 13.5 Å². The highest BCUT2D eigenvalue weighted by atomic mass is 16.6. The van der Waals surface area contributed by atoms with Gasteiger partial charge in [-0.1, -0.05) is 13.3 Å². The first kappa shape index (κ1) is 14.7. The third-order valence-corrected chi connectivity index (χ3v) is 2.84. The summed E-state index contributed by atoms with van der Waals surface area (Å²) in [6.45, 7) is 5.61. The number of rotatable bonds is 8. The van der Waals surface area contributed by atoms with Gasteiger partial charge in [-0.05, 0) is 6.42 Å². The van der Waals surface area contributed by atoms with Gasteiger partial charge in [0.25, 0.3) is 5.82 Å². The molecule has 0 aliphatic heterocycles. The number of aryl methyl sites for hydroxylation is 1. The van der Waals surface area contributed by atoms with Gasteiger partial charge in [-0.25, -0.2) is 9.55 Å². The lowest BCUT2D eigenvalue weighted by atomic mass is 10.3. The number of nitrogens with zero attached hydrogens (tertiary/aromatic N) is 1. The fraction of sp³-hybridized carbons (Fsp3) is 0.692. The van der Waals surface area contributed by atoms with Crippen LogP contribution in [0.15, 0.2) is 6.20 Å². The second-order valence-electron chi connectivity index (χ2n) is 4.29. The average molecular weight is 255 g/mol. The standard InChI is InChI=1S/C13H22N2O3/c1-4-5-6-17-7-8-18-13(16)9-12-10-14-11(2)15(12)3/h10H,4-9H2,1-3H3/p+1. The molecule has 0 amide bonds. The Morgan fingerprint density at radius 1 is 1.39 bits per heavy atom. The van der Waals surface area contributed by atoms with E-state index in [4.69, 9.17) is 9.47 Å². The van der Waals surface area contributed by atoms with Gasteiger partial charge in [-0.2, -0.15) is 0 Å². The molecule has 0 aliphatic carbocycles. The Bertz CT molecular complexity index is 374. The zero-order valence-electron chi connectivity index (χ0n) is 11.5. The van der Waals surface area contributed by atoms with Crippen molar-refractivity contribution in [2.75, 3.05) is 19.8 Å². The van der Waals surface area contributed by atoms with Gasteiger partial charge in [-0.15, -0.1) is 0 Å². The van der Waals surface area contributed by atoms with Crippen LogP contribution < -0.4 is 4.57 Å². The monoisotopic (exact) mass is 255 g/mol. The number of esters is 1. The number of hydrogen-bond acceptors (Lipinski definition) is 3. The molecular formula is C13H23N2O3+. The third kappa shape index (κ3) is 4.87. The Kier molecular flexibility index (Phi) is 6.43. The summed E-state index contributed by atoms with van der Waals surface area (Å²) in [7, 11) is 1.92. The first-order valence-electron chi connectivity index (χ1n) is 6.41. The average Bonchev–Trinajstić information content (AvgIpc) is 2.65. The molecule has 0 saturated carbocycles. The van der Waals surface area contributed by atoms with Crippen LogP contribution in [0.4, 0.5) is 0 Å². The van der Waals surface area contributed by atoms with E-state index in [1.54, 1.807) is 0 Å². The molecule has 1 heterocycles. The summed E-state index contributed by atoms with van der Waals surface area (Å²) >= 11 is 0. The van der Waals surface area contributed by atoms with E-state index in [0.29, 0.717) is 13.2 Å². The maximum Gasteiger partial charge on any atom is 0.314 e. The lowest BCUT2D eigenvalue weighted by Gasteiger charge is -2.04. The minimum atomic E-state index is -0.219. The van der Waals surface area contributed by atoms with Crippen LogP contribution in [0.3, 0.4) is 0 Å². The van der Waals surface area contributed by atoms with Crippen molar-refractivity contribution >= 4 is 5.97 Å². The molecule has 0 atom stereocenters. The van der Waals surface area contributed by atoms with Gasteiger partial charge in [0.1, 0.15) is 19.2 Å². The van der Waals surface area contributed by atoms with Gasteiger partial charge in [0.05, 0.1) is 13.7 Å². The van der Waals surface area contributed by atoms with Gasteiger partial charge < -0.3 is 9.47 Å². The van der Waals surface area contributed by atoms with E-state index in [9.17, 15) is 4.79 Å². The van der Waals surface area contributed by atoms with Gasteiger partial charge >= 0.3 is 5.97 Å². The Labute approximate surface area is 108 Å². The van der Waals surface area contributed by atoms with E-state index in [0.717, 1.165) is 31.0 Å². The Balaban J connectivity index is 2.16. The van der Waals surface area contributed by atoms with Crippen LogP contribution in [0.25, 0.3) is 0 Å². The van der Waals surface area contributed by atoms with Crippen molar-refractivity contribution in [3.63, 3.8) is 0 Å². The second kappa shape index (κ2) is 7.87. The van der Waals surface area contributed by atoms with E-state index < -0.39 is 0 Å². The number of carbonyl (C=O) groups is 1. The summed E-state index contributed by atoms with van der Waals surface area (Å²) < 4.78 is 12.4. The maximum atomic E-state index is 11.6. The fourth-order valence-corrected chi connectivity index (χ4v) is 1.53. The van der Waals surface area contributed by atoms with Crippen molar-refractivity contribution in [3.05, 3.63) is 17.7 Å². The van der Waals surface area contributed by atoms with E-state index >= 15 is 0 Å². The first-order valence-corrected chi connectivity index (χ1v) is 6.41. The van der Waals surface area contributed by atoms with Crippen molar-refractivity contribution in [2.45, 2.75) is 33.1 Å². The topological polar surface area (TPSA) is 55.2 Å². The molecule has 18 heavy (non-hydrogen) atoms. The molecule has 0 fully saturated rings. The minimum Gasteiger partial charge on any atom is -0.463 e. The molecule has 0 spiro atoms. The number of ether oxygens (including phenoxy) is 2.